The summed E-state index contributed by atoms with van der Waals surface area (Å²) >= 11 is 1.18. The van der Waals surface area contributed by atoms with Gasteiger partial charge in [-0.15, -0.1) is 0 Å². The van der Waals surface area contributed by atoms with Gasteiger partial charge in [-0.2, -0.15) is 0 Å². The monoisotopic (exact) mass is 381 g/mol. The van der Waals surface area contributed by atoms with Gasteiger partial charge in [-0.25, -0.2) is 14.5 Å². The fourth-order valence-corrected chi connectivity index (χ4v) is 3.45. The van der Waals surface area contributed by atoms with Crippen molar-refractivity contribution in [1.82, 2.24) is 20.3 Å². The third kappa shape index (κ3) is 4.48. The Balaban J connectivity index is 1.89. The first-order valence-corrected chi connectivity index (χ1v) is 9.10. The number of thioether (sulfide) groups is 1. The van der Waals surface area contributed by atoms with Gasteiger partial charge in [-0.05, 0) is 5.56 Å². The van der Waals surface area contributed by atoms with E-state index in [1.54, 1.807) is 6.20 Å². The lowest BCUT2D eigenvalue weighted by Crippen LogP contribution is -2.39. The van der Waals surface area contributed by atoms with Crippen molar-refractivity contribution >= 4 is 23.7 Å². The van der Waals surface area contributed by atoms with Gasteiger partial charge < -0.3 is 11.2 Å². The zero-order chi connectivity index (χ0) is 19.2. The molecule has 1 atom stereocenters. The van der Waals surface area contributed by atoms with Crippen molar-refractivity contribution in [3.05, 3.63) is 72.4 Å². The van der Waals surface area contributed by atoms with E-state index >= 15 is 0 Å². The van der Waals surface area contributed by atoms with E-state index in [0.29, 0.717) is 10.9 Å². The molecule has 1 unspecified atom stereocenters. The maximum Gasteiger partial charge on any atom is 0.321 e. The second-order valence-electron chi connectivity index (χ2n) is 5.66. The number of carbonyl (C=O) groups is 2. The molecule has 0 aliphatic rings. The molecule has 7 nitrogen and oxygen atoms in total. The van der Waals surface area contributed by atoms with E-state index in [9.17, 15) is 9.59 Å². The summed E-state index contributed by atoms with van der Waals surface area (Å²) in [6, 6.07) is 18.2. The highest BCUT2D eigenvalue weighted by Gasteiger charge is 2.26. The minimum Gasteiger partial charge on any atom is -0.341 e. The van der Waals surface area contributed by atoms with E-state index < -0.39 is 17.2 Å². The highest BCUT2D eigenvalue weighted by Crippen LogP contribution is 2.35. The topological polar surface area (TPSA) is 102 Å². The minimum absolute atomic E-state index is 0.449. The lowest BCUT2D eigenvalue weighted by molar-refractivity contribution is -0.119. The highest BCUT2D eigenvalue weighted by molar-refractivity contribution is 8.00. The molecule has 0 spiro atoms. The number of amides is 3. The lowest BCUT2D eigenvalue weighted by atomic mass is 10.1. The SMILES string of the molecule is CNC(=O)NC(=O)C(Sc1nc(-c2ccccc2)cn1N)c1ccccc1. The van der Waals surface area contributed by atoms with Gasteiger partial charge in [-0.1, -0.05) is 72.4 Å². The summed E-state index contributed by atoms with van der Waals surface area (Å²) in [5.74, 6) is 5.61. The number of carbonyl (C=O) groups excluding carboxylic acids is 2. The normalized spacial score (nSPS) is 11.6. The van der Waals surface area contributed by atoms with Crippen molar-refractivity contribution in [1.29, 1.82) is 0 Å². The highest BCUT2D eigenvalue weighted by atomic mass is 32.2. The van der Waals surface area contributed by atoms with E-state index in [4.69, 9.17) is 5.84 Å². The predicted molar refractivity (Wildman–Crippen MR) is 105 cm³/mol. The van der Waals surface area contributed by atoms with Gasteiger partial charge >= 0.3 is 6.03 Å². The number of urea groups is 1. The Morgan fingerprint density at radius 3 is 2.33 bits per heavy atom. The van der Waals surface area contributed by atoms with Crippen LogP contribution in [0.4, 0.5) is 4.79 Å². The van der Waals surface area contributed by atoms with Crippen LogP contribution in [-0.2, 0) is 4.79 Å². The average molecular weight is 381 g/mol. The number of nitrogens with one attached hydrogen (secondary N) is 2. The number of imide groups is 1. The molecule has 3 aromatic rings. The predicted octanol–water partition coefficient (Wildman–Crippen LogP) is 2.55. The Hall–Kier alpha value is -3.26. The van der Waals surface area contributed by atoms with Crippen LogP contribution in [0.3, 0.4) is 0 Å². The first-order valence-electron chi connectivity index (χ1n) is 8.22. The van der Waals surface area contributed by atoms with Crippen molar-refractivity contribution in [3.63, 3.8) is 0 Å². The second-order valence-corrected chi connectivity index (χ2v) is 6.73. The minimum atomic E-state index is -0.683. The number of aromatic nitrogens is 2. The van der Waals surface area contributed by atoms with Gasteiger partial charge in [0.2, 0.25) is 5.91 Å². The van der Waals surface area contributed by atoms with E-state index in [-0.39, 0.29) is 0 Å². The first-order chi connectivity index (χ1) is 13.1. The molecule has 0 radical (unpaired) electrons. The molecule has 0 aliphatic carbocycles. The molecular formula is C19H19N5O2S. The molecule has 4 N–H and O–H groups in total. The molecule has 1 aromatic heterocycles. The van der Waals surface area contributed by atoms with Gasteiger partial charge in [0.25, 0.3) is 0 Å². The molecule has 0 saturated carbocycles. The molecule has 138 valence electrons. The Bertz CT molecular complexity index is 928. The Morgan fingerprint density at radius 1 is 1.07 bits per heavy atom. The fourth-order valence-electron chi connectivity index (χ4n) is 2.46. The molecule has 3 rings (SSSR count). The second kappa shape index (κ2) is 8.41. The van der Waals surface area contributed by atoms with E-state index in [1.807, 2.05) is 60.7 Å². The van der Waals surface area contributed by atoms with Crippen molar-refractivity contribution in [2.45, 2.75) is 10.4 Å². The molecule has 2 aromatic carbocycles. The number of nitrogen functional groups attached to an aromatic ring is 1. The summed E-state index contributed by atoms with van der Waals surface area (Å²) in [5.41, 5.74) is 2.38. The number of imidazole rings is 1. The van der Waals surface area contributed by atoms with Gasteiger partial charge in [-0.3, -0.25) is 10.1 Å². The van der Waals surface area contributed by atoms with E-state index in [2.05, 4.69) is 15.6 Å². The number of rotatable bonds is 5. The number of nitrogens with two attached hydrogens (primary N) is 1. The average Bonchev–Trinajstić information content (AvgIpc) is 3.07. The molecule has 8 heteroatoms. The Kier molecular flexibility index (Phi) is 5.77. The van der Waals surface area contributed by atoms with Crippen LogP contribution in [0, 0.1) is 0 Å². The van der Waals surface area contributed by atoms with Crippen LogP contribution in [0.1, 0.15) is 10.8 Å². The van der Waals surface area contributed by atoms with Crippen LogP contribution in [0.2, 0.25) is 0 Å². The molecule has 0 bridgehead atoms. The first kappa shape index (κ1) is 18.5. The largest absolute Gasteiger partial charge is 0.341 e. The maximum absolute atomic E-state index is 12.6. The Morgan fingerprint density at radius 2 is 1.70 bits per heavy atom. The summed E-state index contributed by atoms with van der Waals surface area (Å²) in [6.45, 7) is 0. The lowest BCUT2D eigenvalue weighted by Gasteiger charge is -2.15. The van der Waals surface area contributed by atoms with Crippen molar-refractivity contribution in [2.24, 2.45) is 0 Å². The maximum atomic E-state index is 12.6. The van der Waals surface area contributed by atoms with E-state index in [0.717, 1.165) is 11.1 Å². The summed E-state index contributed by atoms with van der Waals surface area (Å²) in [6.07, 6.45) is 1.70. The van der Waals surface area contributed by atoms with Crippen LogP contribution >= 0.6 is 11.8 Å². The van der Waals surface area contributed by atoms with Gasteiger partial charge in [0.1, 0.15) is 5.25 Å². The summed E-state index contributed by atoms with van der Waals surface area (Å²) in [5, 5.41) is 4.48. The zero-order valence-electron chi connectivity index (χ0n) is 14.6. The third-order valence-electron chi connectivity index (χ3n) is 3.80. The number of nitrogens with zero attached hydrogens (tertiary/aromatic N) is 2. The number of hydrogen-bond donors (Lipinski definition) is 3. The molecule has 1 heterocycles. The molecule has 0 fully saturated rings. The van der Waals surface area contributed by atoms with E-state index in [1.165, 1.54) is 23.5 Å². The summed E-state index contributed by atoms with van der Waals surface area (Å²) in [7, 11) is 1.45. The van der Waals surface area contributed by atoms with Crippen LogP contribution in [-0.4, -0.2) is 28.6 Å². The standard InChI is InChI=1S/C19H19N5O2S/c1-21-18(26)23-17(25)16(14-10-6-3-7-11-14)27-19-22-15(12-24(19)20)13-8-4-2-5-9-13/h2-12,16H,20H2,1H3,(H2,21,23,25,26). The van der Waals surface area contributed by atoms with Crippen LogP contribution < -0.4 is 16.5 Å². The zero-order valence-corrected chi connectivity index (χ0v) is 15.4. The van der Waals surface area contributed by atoms with Crippen molar-refractivity contribution < 1.29 is 9.59 Å². The molecule has 27 heavy (non-hydrogen) atoms. The number of hydrogen-bond acceptors (Lipinski definition) is 5. The van der Waals surface area contributed by atoms with Gasteiger partial charge in [0, 0.05) is 12.6 Å². The van der Waals surface area contributed by atoms with Gasteiger partial charge in [0.15, 0.2) is 5.16 Å². The van der Waals surface area contributed by atoms with Crippen LogP contribution in [0.25, 0.3) is 11.3 Å². The summed E-state index contributed by atoms with van der Waals surface area (Å²) in [4.78, 5) is 28.8. The van der Waals surface area contributed by atoms with Gasteiger partial charge in [0.05, 0.1) is 11.9 Å². The van der Waals surface area contributed by atoms with Crippen molar-refractivity contribution in [2.75, 3.05) is 12.9 Å². The fraction of sp³-hybridized carbons (Fsp3) is 0.105. The molecule has 0 saturated heterocycles. The van der Waals surface area contributed by atoms with Crippen LogP contribution in [0.15, 0.2) is 72.0 Å². The molecule has 3 amide bonds. The molecule has 0 aliphatic heterocycles. The quantitative estimate of drug-likeness (QED) is 0.466. The van der Waals surface area contributed by atoms with Crippen LogP contribution in [0.5, 0.6) is 0 Å². The smallest absolute Gasteiger partial charge is 0.321 e. The Labute approximate surface area is 161 Å². The summed E-state index contributed by atoms with van der Waals surface area (Å²) < 4.78 is 1.39. The van der Waals surface area contributed by atoms with Crippen molar-refractivity contribution in [3.8, 4) is 11.3 Å². The third-order valence-corrected chi connectivity index (χ3v) is 5.03. The molecular weight excluding hydrogens is 362 g/mol. The number of benzene rings is 2.